The highest BCUT2D eigenvalue weighted by atomic mass is 32.1. The van der Waals surface area contributed by atoms with Crippen LogP contribution in [0.3, 0.4) is 0 Å². The second kappa shape index (κ2) is 9.96. The van der Waals surface area contributed by atoms with Crippen LogP contribution in [0, 0.1) is 11.3 Å². The Balaban J connectivity index is 1.52. The third-order valence-corrected chi connectivity index (χ3v) is 6.67. The molecule has 0 bridgehead atoms. The standard InChI is InChI=1S/C22H22N4O2S2/c23-15-17-4-1-5-18(14-17)19-16-30-22(24-19)26(21(27)20-6-2-13-29-20)8-3-7-25-9-11-28-12-10-25/h1-2,4-6,13-14,16H,3,7-12H2. The first-order chi connectivity index (χ1) is 14.7. The number of morpholine rings is 1. The molecule has 154 valence electrons. The van der Waals surface area contributed by atoms with E-state index in [4.69, 9.17) is 15.0 Å². The number of nitriles is 1. The Morgan fingerprint density at radius 2 is 2.10 bits per heavy atom. The zero-order chi connectivity index (χ0) is 20.8. The summed E-state index contributed by atoms with van der Waals surface area (Å²) in [7, 11) is 0. The second-order valence-electron chi connectivity index (χ2n) is 6.95. The maximum Gasteiger partial charge on any atom is 0.270 e. The lowest BCUT2D eigenvalue weighted by Crippen LogP contribution is -2.39. The van der Waals surface area contributed by atoms with E-state index in [2.05, 4.69) is 11.0 Å². The monoisotopic (exact) mass is 438 g/mol. The number of hydrogen-bond donors (Lipinski definition) is 0. The van der Waals surface area contributed by atoms with Gasteiger partial charge in [0.05, 0.1) is 35.4 Å². The van der Waals surface area contributed by atoms with Gasteiger partial charge in [-0.3, -0.25) is 14.6 Å². The van der Waals surface area contributed by atoms with Crippen molar-refractivity contribution in [2.45, 2.75) is 6.42 Å². The Labute approximate surface area is 184 Å². The van der Waals surface area contributed by atoms with Gasteiger partial charge in [0.15, 0.2) is 5.13 Å². The Kier molecular flexibility index (Phi) is 6.87. The lowest BCUT2D eigenvalue weighted by Gasteiger charge is -2.27. The van der Waals surface area contributed by atoms with E-state index in [0.29, 0.717) is 22.1 Å². The molecule has 3 heterocycles. The van der Waals surface area contributed by atoms with Gasteiger partial charge in [0.1, 0.15) is 0 Å². The number of aromatic nitrogens is 1. The van der Waals surface area contributed by atoms with Crippen LogP contribution in [0.15, 0.2) is 47.2 Å². The Bertz CT molecular complexity index is 1020. The van der Waals surface area contributed by atoms with E-state index >= 15 is 0 Å². The van der Waals surface area contributed by atoms with Crippen molar-refractivity contribution in [2.24, 2.45) is 0 Å². The molecule has 0 radical (unpaired) electrons. The number of anilines is 1. The van der Waals surface area contributed by atoms with Crippen molar-refractivity contribution in [3.05, 3.63) is 57.6 Å². The molecular formula is C22H22N4O2S2. The molecule has 30 heavy (non-hydrogen) atoms. The number of amides is 1. The smallest absolute Gasteiger partial charge is 0.270 e. The first-order valence-corrected chi connectivity index (χ1v) is 11.6. The highest BCUT2D eigenvalue weighted by Crippen LogP contribution is 2.29. The van der Waals surface area contributed by atoms with Crippen LogP contribution in [0.1, 0.15) is 21.7 Å². The van der Waals surface area contributed by atoms with E-state index in [-0.39, 0.29) is 5.91 Å². The molecule has 1 aliphatic rings. The molecule has 0 N–H and O–H groups in total. The van der Waals surface area contributed by atoms with Gasteiger partial charge >= 0.3 is 0 Å². The molecule has 0 atom stereocenters. The summed E-state index contributed by atoms with van der Waals surface area (Å²) in [5.41, 5.74) is 2.26. The zero-order valence-electron chi connectivity index (χ0n) is 16.5. The van der Waals surface area contributed by atoms with Gasteiger partial charge in [0, 0.05) is 37.1 Å². The van der Waals surface area contributed by atoms with Crippen LogP contribution in [0.4, 0.5) is 5.13 Å². The zero-order valence-corrected chi connectivity index (χ0v) is 18.1. The molecule has 0 saturated carbocycles. The minimum Gasteiger partial charge on any atom is -0.379 e. The van der Waals surface area contributed by atoms with Crippen LogP contribution in [0.2, 0.25) is 0 Å². The maximum absolute atomic E-state index is 13.2. The summed E-state index contributed by atoms with van der Waals surface area (Å²) in [5.74, 6) is -0.0151. The van der Waals surface area contributed by atoms with Gasteiger partial charge in [-0.1, -0.05) is 18.2 Å². The van der Waals surface area contributed by atoms with Crippen molar-refractivity contribution < 1.29 is 9.53 Å². The van der Waals surface area contributed by atoms with Crippen molar-refractivity contribution in [3.8, 4) is 17.3 Å². The third kappa shape index (κ3) is 4.94. The lowest BCUT2D eigenvalue weighted by molar-refractivity contribution is 0.0376. The molecule has 1 saturated heterocycles. The Hall–Kier alpha value is -2.57. The average molecular weight is 439 g/mol. The summed E-state index contributed by atoms with van der Waals surface area (Å²) in [4.78, 5) is 22.8. The van der Waals surface area contributed by atoms with E-state index in [9.17, 15) is 4.79 Å². The summed E-state index contributed by atoms with van der Waals surface area (Å²) in [6.45, 7) is 4.97. The molecule has 0 unspecified atom stereocenters. The highest BCUT2D eigenvalue weighted by Gasteiger charge is 2.22. The van der Waals surface area contributed by atoms with E-state index in [1.165, 1.54) is 22.7 Å². The van der Waals surface area contributed by atoms with Crippen molar-refractivity contribution >= 4 is 33.7 Å². The topological polar surface area (TPSA) is 69.5 Å². The molecule has 0 aliphatic carbocycles. The Morgan fingerprint density at radius 3 is 2.87 bits per heavy atom. The minimum atomic E-state index is -0.0151. The van der Waals surface area contributed by atoms with Gasteiger partial charge < -0.3 is 4.74 Å². The summed E-state index contributed by atoms with van der Waals surface area (Å²) in [5, 5.41) is 13.7. The maximum atomic E-state index is 13.2. The summed E-state index contributed by atoms with van der Waals surface area (Å²) < 4.78 is 5.41. The molecule has 2 aromatic heterocycles. The number of ether oxygens (including phenoxy) is 1. The number of thiophene rings is 1. The van der Waals surface area contributed by atoms with Crippen LogP contribution >= 0.6 is 22.7 Å². The van der Waals surface area contributed by atoms with Gasteiger partial charge in [-0.05, 0) is 30.0 Å². The van der Waals surface area contributed by atoms with Gasteiger partial charge in [0.2, 0.25) is 0 Å². The van der Waals surface area contributed by atoms with Gasteiger partial charge in [-0.15, -0.1) is 22.7 Å². The number of rotatable bonds is 7. The van der Waals surface area contributed by atoms with Gasteiger partial charge in [0.25, 0.3) is 5.91 Å². The predicted molar refractivity (Wildman–Crippen MR) is 120 cm³/mol. The fraction of sp³-hybridized carbons (Fsp3) is 0.318. The van der Waals surface area contributed by atoms with E-state index in [1.54, 1.807) is 11.0 Å². The molecule has 0 spiro atoms. The quantitative estimate of drug-likeness (QED) is 0.555. The summed E-state index contributed by atoms with van der Waals surface area (Å²) in [6.07, 6.45) is 0.871. The fourth-order valence-corrected chi connectivity index (χ4v) is 4.89. The fourth-order valence-electron chi connectivity index (χ4n) is 3.36. The van der Waals surface area contributed by atoms with Crippen molar-refractivity contribution in [1.29, 1.82) is 5.26 Å². The number of benzene rings is 1. The van der Waals surface area contributed by atoms with Crippen LogP contribution in [0.5, 0.6) is 0 Å². The molecule has 1 fully saturated rings. The summed E-state index contributed by atoms with van der Waals surface area (Å²) >= 11 is 2.91. The van der Waals surface area contributed by atoms with Gasteiger partial charge in [-0.2, -0.15) is 5.26 Å². The Morgan fingerprint density at radius 1 is 1.23 bits per heavy atom. The molecule has 1 aliphatic heterocycles. The van der Waals surface area contributed by atoms with E-state index in [0.717, 1.165) is 50.5 Å². The first kappa shape index (κ1) is 20.7. The van der Waals surface area contributed by atoms with Crippen LogP contribution in [-0.2, 0) is 4.74 Å². The molecule has 1 aromatic carbocycles. The number of carbonyl (C=O) groups is 1. The van der Waals surface area contributed by atoms with Crippen LogP contribution in [-0.4, -0.2) is 55.2 Å². The van der Waals surface area contributed by atoms with Crippen molar-refractivity contribution in [3.63, 3.8) is 0 Å². The third-order valence-electron chi connectivity index (χ3n) is 4.95. The predicted octanol–water partition coefficient (Wildman–Crippen LogP) is 4.11. The largest absolute Gasteiger partial charge is 0.379 e. The van der Waals surface area contributed by atoms with Crippen molar-refractivity contribution in [1.82, 2.24) is 9.88 Å². The molecular weight excluding hydrogens is 416 g/mol. The molecule has 6 nitrogen and oxygen atoms in total. The molecule has 4 rings (SSSR count). The SMILES string of the molecule is N#Cc1cccc(-c2csc(N(CCCN3CCOCC3)C(=O)c3cccs3)n2)c1. The second-order valence-corrected chi connectivity index (χ2v) is 8.73. The molecule has 1 amide bonds. The van der Waals surface area contributed by atoms with E-state index in [1.807, 2.05) is 41.1 Å². The number of thiazole rings is 1. The van der Waals surface area contributed by atoms with Crippen molar-refractivity contribution in [2.75, 3.05) is 44.3 Å². The number of carbonyl (C=O) groups excluding carboxylic acids is 1. The average Bonchev–Trinajstić information content (AvgIpc) is 3.50. The van der Waals surface area contributed by atoms with Crippen LogP contribution < -0.4 is 4.90 Å². The lowest BCUT2D eigenvalue weighted by atomic mass is 10.1. The van der Waals surface area contributed by atoms with Crippen LogP contribution in [0.25, 0.3) is 11.3 Å². The van der Waals surface area contributed by atoms with Gasteiger partial charge in [-0.25, -0.2) is 4.98 Å². The number of hydrogen-bond acceptors (Lipinski definition) is 7. The first-order valence-electron chi connectivity index (χ1n) is 9.86. The molecule has 3 aromatic rings. The minimum absolute atomic E-state index is 0.0151. The number of nitrogens with zero attached hydrogens (tertiary/aromatic N) is 4. The molecule has 8 heteroatoms. The van der Waals surface area contributed by atoms with E-state index < -0.39 is 0 Å². The highest BCUT2D eigenvalue weighted by molar-refractivity contribution is 7.14. The normalized spacial score (nSPS) is 14.4. The summed E-state index contributed by atoms with van der Waals surface area (Å²) in [6, 6.07) is 13.3.